The van der Waals surface area contributed by atoms with E-state index >= 15 is 0 Å². The summed E-state index contributed by atoms with van der Waals surface area (Å²) >= 11 is 5.13. The van der Waals surface area contributed by atoms with Gasteiger partial charge in [0.25, 0.3) is 5.24 Å². The summed E-state index contributed by atoms with van der Waals surface area (Å²) in [6, 6.07) is 0. The van der Waals surface area contributed by atoms with Gasteiger partial charge in [-0.25, -0.2) is 12.6 Å². The molecule has 3 nitrogen and oxygen atoms in total. The van der Waals surface area contributed by atoms with E-state index in [9.17, 15) is 9.59 Å². The highest BCUT2D eigenvalue weighted by molar-refractivity contribution is 8.15. The predicted octanol–water partition coefficient (Wildman–Crippen LogP) is 0.861. The van der Waals surface area contributed by atoms with Crippen LogP contribution in [0.3, 0.4) is 0 Å². The number of amides is 2. The fraction of sp³-hybridized carbons (Fsp3) is 0.500. The lowest BCUT2D eigenvalue weighted by molar-refractivity contribution is -0.118. The molecule has 0 aromatic heterocycles. The van der Waals surface area contributed by atoms with Gasteiger partial charge in [0.15, 0.2) is 0 Å². The maximum absolute atomic E-state index is 11.0. The summed E-state index contributed by atoms with van der Waals surface area (Å²) in [6.07, 6.45) is 1.79. The molecule has 0 aliphatic carbocycles. The average Bonchev–Trinajstić information content (AvgIpc) is 2.28. The predicted molar refractivity (Wildman–Crippen MR) is 47.7 cm³/mol. The molecule has 1 heterocycles. The molecule has 0 bridgehead atoms. The number of carbonyl (C=O) groups is 2. The Kier molecular flexibility index (Phi) is 2.84. The molecular formula is C6H8NO2S2-. The number of thiol groups is 1. The van der Waals surface area contributed by atoms with Crippen LogP contribution in [0.2, 0.25) is 0 Å². The molecular weight excluding hydrogens is 182 g/mol. The van der Waals surface area contributed by atoms with Crippen molar-refractivity contribution >= 4 is 35.5 Å². The molecule has 0 saturated carbocycles. The van der Waals surface area contributed by atoms with E-state index in [1.165, 1.54) is 0 Å². The summed E-state index contributed by atoms with van der Waals surface area (Å²) in [6.45, 7) is 1.81. The molecule has 0 spiro atoms. The van der Waals surface area contributed by atoms with E-state index in [1.807, 2.05) is 6.92 Å². The molecule has 1 N–H and O–H groups in total. The largest absolute Gasteiger partial charge is 0.317 e. The number of nitrogens with one attached hydrogen (secondary N) is 1. The van der Waals surface area contributed by atoms with Crippen LogP contribution in [-0.2, 0) is 4.79 Å². The van der Waals surface area contributed by atoms with Gasteiger partial charge in [-0.1, -0.05) is 11.8 Å². The van der Waals surface area contributed by atoms with Gasteiger partial charge in [0, 0.05) is 0 Å². The second kappa shape index (κ2) is 3.49. The summed E-state index contributed by atoms with van der Waals surface area (Å²) in [5, 5.41) is 1.42. The Morgan fingerprint density at radius 2 is 2.36 bits per heavy atom. The van der Waals surface area contributed by atoms with E-state index in [1.54, 1.807) is 6.42 Å². The molecule has 1 aliphatic heterocycles. The van der Waals surface area contributed by atoms with Gasteiger partial charge in [0.1, 0.15) is 0 Å². The van der Waals surface area contributed by atoms with Crippen molar-refractivity contribution in [1.29, 1.82) is 0 Å². The minimum absolute atomic E-state index is 0.147. The molecule has 1 fully saturated rings. The minimum Gasteiger partial charge on any atom is -0.317 e. The molecule has 0 radical (unpaired) electrons. The summed E-state index contributed by atoms with van der Waals surface area (Å²) < 4.78 is 0. The third kappa shape index (κ3) is 1.90. The van der Waals surface area contributed by atoms with Crippen molar-refractivity contribution in [3.8, 4) is 0 Å². The van der Waals surface area contributed by atoms with Crippen LogP contribution in [0.15, 0.2) is 0 Å². The maximum atomic E-state index is 11.0. The quantitative estimate of drug-likeness (QED) is 0.501. The van der Waals surface area contributed by atoms with Gasteiger partial charge in [-0.2, -0.15) is 6.92 Å². The highest BCUT2D eigenvalue weighted by Gasteiger charge is 2.32. The summed E-state index contributed by atoms with van der Waals surface area (Å²) in [5.41, 5.74) is 0. The lowest BCUT2D eigenvalue weighted by atomic mass is 10.2. The molecule has 1 rings (SSSR count). The van der Waals surface area contributed by atoms with Gasteiger partial charge < -0.3 is 6.42 Å². The number of hydrogen-bond donors (Lipinski definition) is 2. The lowest BCUT2D eigenvalue weighted by Crippen LogP contribution is -2.30. The smallest absolute Gasteiger partial charge is 0.286 e. The van der Waals surface area contributed by atoms with E-state index in [-0.39, 0.29) is 21.6 Å². The number of rotatable bonds is 2. The fourth-order valence-corrected chi connectivity index (χ4v) is 1.94. The average molecular weight is 190 g/mol. The first-order valence-corrected chi connectivity index (χ1v) is 4.54. The van der Waals surface area contributed by atoms with E-state index in [0.717, 1.165) is 11.8 Å². The Balaban J connectivity index is 2.59. The SMILES string of the molecule is C[CH-]C(S)C1SC(=O)NC1=O. The summed E-state index contributed by atoms with van der Waals surface area (Å²) in [7, 11) is 0. The van der Waals surface area contributed by atoms with Crippen LogP contribution in [-0.4, -0.2) is 21.6 Å². The van der Waals surface area contributed by atoms with Crippen LogP contribution < -0.4 is 5.32 Å². The van der Waals surface area contributed by atoms with Crippen molar-refractivity contribution < 1.29 is 9.59 Å². The Morgan fingerprint density at radius 3 is 2.73 bits per heavy atom. The zero-order chi connectivity index (χ0) is 8.43. The third-order valence-electron chi connectivity index (χ3n) is 1.37. The normalized spacial score (nSPS) is 26.9. The van der Waals surface area contributed by atoms with Crippen molar-refractivity contribution in [2.45, 2.75) is 17.4 Å². The van der Waals surface area contributed by atoms with Crippen LogP contribution in [0.1, 0.15) is 6.92 Å². The van der Waals surface area contributed by atoms with Crippen LogP contribution in [0.4, 0.5) is 4.79 Å². The van der Waals surface area contributed by atoms with Crippen molar-refractivity contribution in [1.82, 2.24) is 5.32 Å². The molecule has 11 heavy (non-hydrogen) atoms. The molecule has 2 atom stereocenters. The van der Waals surface area contributed by atoms with Crippen molar-refractivity contribution in [3.05, 3.63) is 6.42 Å². The molecule has 2 amide bonds. The van der Waals surface area contributed by atoms with E-state index in [0.29, 0.717) is 0 Å². The minimum atomic E-state index is -0.351. The van der Waals surface area contributed by atoms with Gasteiger partial charge in [0.2, 0.25) is 5.91 Å². The Labute approximate surface area is 74.7 Å². The van der Waals surface area contributed by atoms with Gasteiger partial charge in [-0.05, 0) is 0 Å². The van der Waals surface area contributed by atoms with E-state index in [2.05, 4.69) is 17.9 Å². The summed E-state index contributed by atoms with van der Waals surface area (Å²) in [5.74, 6) is -0.238. The highest BCUT2D eigenvalue weighted by atomic mass is 32.2. The lowest BCUT2D eigenvalue weighted by Gasteiger charge is -2.19. The first-order valence-electron chi connectivity index (χ1n) is 3.14. The van der Waals surface area contributed by atoms with Crippen LogP contribution >= 0.6 is 24.4 Å². The third-order valence-corrected chi connectivity index (χ3v) is 3.24. The van der Waals surface area contributed by atoms with Crippen LogP contribution in [0, 0.1) is 6.42 Å². The Hall–Kier alpha value is -0.160. The van der Waals surface area contributed by atoms with Crippen molar-refractivity contribution in [3.63, 3.8) is 0 Å². The maximum Gasteiger partial charge on any atom is 0.286 e. The summed E-state index contributed by atoms with van der Waals surface area (Å²) in [4.78, 5) is 21.6. The zero-order valence-corrected chi connectivity index (χ0v) is 7.61. The van der Waals surface area contributed by atoms with E-state index < -0.39 is 0 Å². The van der Waals surface area contributed by atoms with Gasteiger partial charge in [-0.15, -0.1) is 5.25 Å². The van der Waals surface area contributed by atoms with Crippen LogP contribution in [0.5, 0.6) is 0 Å². The molecule has 62 valence electrons. The molecule has 2 unspecified atom stereocenters. The molecule has 0 aromatic rings. The zero-order valence-electron chi connectivity index (χ0n) is 5.90. The second-order valence-corrected chi connectivity index (χ2v) is 3.85. The van der Waals surface area contributed by atoms with Crippen molar-refractivity contribution in [2.24, 2.45) is 0 Å². The van der Waals surface area contributed by atoms with Gasteiger partial charge in [-0.3, -0.25) is 14.9 Å². The highest BCUT2D eigenvalue weighted by Crippen LogP contribution is 2.25. The topological polar surface area (TPSA) is 46.2 Å². The Morgan fingerprint density at radius 1 is 1.73 bits per heavy atom. The first kappa shape index (κ1) is 8.93. The number of thioether (sulfide) groups is 1. The number of hydrogen-bond acceptors (Lipinski definition) is 4. The van der Waals surface area contributed by atoms with Gasteiger partial charge >= 0.3 is 0 Å². The molecule has 0 aromatic carbocycles. The van der Waals surface area contributed by atoms with Gasteiger partial charge in [0.05, 0.1) is 5.25 Å². The van der Waals surface area contributed by atoms with Crippen LogP contribution in [0.25, 0.3) is 0 Å². The Bertz CT molecular complexity index is 195. The standard InChI is InChI=1S/C6H8NO2S2/c1-2-3(10)4-5(8)7-6(9)11-4/h2-4,10H,1H3,(H,7,8,9)/q-1. The van der Waals surface area contributed by atoms with Crippen molar-refractivity contribution in [2.75, 3.05) is 0 Å². The monoisotopic (exact) mass is 190 g/mol. The molecule has 1 saturated heterocycles. The second-order valence-electron chi connectivity index (χ2n) is 2.14. The first-order chi connectivity index (χ1) is 5.15. The number of imide groups is 1. The molecule has 5 heteroatoms. The fourth-order valence-electron chi connectivity index (χ4n) is 0.770. The number of carbonyl (C=O) groups excluding carboxylic acids is 2. The van der Waals surface area contributed by atoms with E-state index in [4.69, 9.17) is 0 Å². The molecule has 1 aliphatic rings.